The van der Waals surface area contributed by atoms with Crippen LogP contribution in [0.25, 0.3) is 44.5 Å². The Bertz CT molecular complexity index is 1970. The molecule has 0 bridgehead atoms. The minimum Gasteiger partial charge on any atom is -0.412 e. The minimum absolute atomic E-state index is 0. The zero-order valence-electron chi connectivity index (χ0n) is 23.9. The Morgan fingerprint density at radius 2 is 1.05 bits per heavy atom. The van der Waals surface area contributed by atoms with E-state index in [4.69, 9.17) is 0 Å². The third kappa shape index (κ3) is 4.39. The number of benzene rings is 6. The Balaban J connectivity index is 0.00000288. The second-order valence-electron chi connectivity index (χ2n) is 11.5. The average molecular weight is 561 g/mol. The highest BCUT2D eigenvalue weighted by Crippen LogP contribution is 2.51. The fourth-order valence-corrected chi connectivity index (χ4v) is 7.67. The molecule has 0 amide bonds. The molecule has 2 N–H and O–H groups in total. The maximum atomic E-state index is 2.49. The molecular weight excluding hydrogens is 529 g/mol. The summed E-state index contributed by atoms with van der Waals surface area (Å²) in [6, 6.07) is 45.7. The van der Waals surface area contributed by atoms with Gasteiger partial charge in [0.15, 0.2) is 0 Å². The van der Waals surface area contributed by atoms with E-state index in [9.17, 15) is 0 Å². The monoisotopic (exact) mass is 560 g/mol. The Morgan fingerprint density at radius 3 is 1.79 bits per heavy atom. The zero-order valence-corrected chi connectivity index (χ0v) is 24.7. The van der Waals surface area contributed by atoms with Crippen LogP contribution in [0.3, 0.4) is 0 Å². The largest absolute Gasteiger partial charge is 0.412 e. The highest BCUT2D eigenvalue weighted by molar-refractivity contribution is 7.99. The van der Waals surface area contributed by atoms with Gasteiger partial charge in [-0.2, -0.15) is 0 Å². The number of fused-ring (bicyclic) bond motifs is 5. The van der Waals surface area contributed by atoms with E-state index in [-0.39, 0.29) is 5.48 Å². The van der Waals surface area contributed by atoms with E-state index in [1.807, 2.05) is 11.8 Å². The molecule has 204 valence electrons. The van der Waals surface area contributed by atoms with E-state index >= 15 is 0 Å². The van der Waals surface area contributed by atoms with Crippen LogP contribution in [0.1, 0.15) is 33.4 Å². The number of rotatable bonds is 3. The molecule has 0 fully saturated rings. The van der Waals surface area contributed by atoms with Crippen molar-refractivity contribution in [2.24, 2.45) is 0 Å². The van der Waals surface area contributed by atoms with Gasteiger partial charge in [-0.1, -0.05) is 120 Å². The van der Waals surface area contributed by atoms with Crippen molar-refractivity contribution in [2.45, 2.75) is 36.5 Å². The fourth-order valence-electron chi connectivity index (χ4n) is 6.62. The second kappa shape index (κ2) is 10.5. The maximum Gasteiger partial charge on any atom is 0.0158 e. The van der Waals surface area contributed by atoms with Crippen LogP contribution in [0.5, 0.6) is 0 Å². The lowest BCUT2D eigenvalue weighted by Crippen LogP contribution is -2.01. The van der Waals surface area contributed by atoms with Gasteiger partial charge in [0.05, 0.1) is 0 Å². The van der Waals surface area contributed by atoms with Crippen molar-refractivity contribution in [3.8, 4) is 44.5 Å². The van der Waals surface area contributed by atoms with Crippen LogP contribution in [-0.4, -0.2) is 5.48 Å². The summed E-state index contributed by atoms with van der Waals surface area (Å²) in [5, 5.41) is 0. The van der Waals surface area contributed by atoms with Gasteiger partial charge in [-0.05, 0) is 118 Å². The first-order chi connectivity index (χ1) is 20.1. The summed E-state index contributed by atoms with van der Waals surface area (Å²) in [6.45, 7) is 4.34. The molecule has 0 radical (unpaired) electrons. The predicted octanol–water partition coefficient (Wildman–Crippen LogP) is 10.1. The van der Waals surface area contributed by atoms with Gasteiger partial charge in [0, 0.05) is 9.79 Å². The van der Waals surface area contributed by atoms with Crippen molar-refractivity contribution in [1.29, 1.82) is 0 Å². The molecule has 1 nitrogen and oxygen atoms in total. The van der Waals surface area contributed by atoms with E-state index in [2.05, 4.69) is 135 Å². The van der Waals surface area contributed by atoms with Crippen LogP contribution in [0.2, 0.25) is 0 Å². The van der Waals surface area contributed by atoms with Crippen molar-refractivity contribution in [3.63, 3.8) is 0 Å². The van der Waals surface area contributed by atoms with Crippen LogP contribution < -0.4 is 0 Å². The van der Waals surface area contributed by atoms with Crippen LogP contribution in [-0.2, 0) is 12.8 Å². The van der Waals surface area contributed by atoms with Gasteiger partial charge >= 0.3 is 0 Å². The number of hydrogen-bond acceptors (Lipinski definition) is 1. The molecule has 0 saturated carbocycles. The topological polar surface area (TPSA) is 31.5 Å². The Kier molecular flexibility index (Phi) is 6.61. The van der Waals surface area contributed by atoms with Crippen molar-refractivity contribution in [3.05, 3.63) is 155 Å². The Morgan fingerprint density at radius 1 is 0.452 bits per heavy atom. The van der Waals surface area contributed by atoms with Gasteiger partial charge in [0.2, 0.25) is 0 Å². The summed E-state index contributed by atoms with van der Waals surface area (Å²) in [4.78, 5) is 2.75. The predicted molar refractivity (Wildman–Crippen MR) is 177 cm³/mol. The SMILES string of the molecule is Cc1ccc(-c2c(-c3ccc4c(c3)Cc3ccccc3S4)cc3c(c2-c2ccc(C)cc2)Cc2ccccc2-3)cc1.O. The number of aryl methyl sites for hydroxylation is 2. The normalized spacial score (nSPS) is 12.5. The first-order valence-electron chi connectivity index (χ1n) is 14.4. The van der Waals surface area contributed by atoms with Crippen molar-refractivity contribution in [2.75, 3.05) is 0 Å². The van der Waals surface area contributed by atoms with Crippen molar-refractivity contribution < 1.29 is 5.48 Å². The van der Waals surface area contributed by atoms with E-state index in [0.717, 1.165) is 12.8 Å². The molecule has 6 aromatic rings. The molecular formula is C40H32OS. The van der Waals surface area contributed by atoms with Gasteiger partial charge in [0.25, 0.3) is 0 Å². The lowest BCUT2D eigenvalue weighted by molar-refractivity contribution is 0.824. The molecule has 0 atom stereocenters. The molecule has 0 aromatic heterocycles. The molecule has 1 aliphatic heterocycles. The molecule has 42 heavy (non-hydrogen) atoms. The third-order valence-corrected chi connectivity index (χ3v) is 9.97. The van der Waals surface area contributed by atoms with Crippen molar-refractivity contribution >= 4 is 11.8 Å². The molecule has 2 aliphatic rings. The summed E-state index contributed by atoms with van der Waals surface area (Å²) in [5.41, 5.74) is 18.9. The first kappa shape index (κ1) is 26.5. The van der Waals surface area contributed by atoms with Gasteiger partial charge < -0.3 is 5.48 Å². The van der Waals surface area contributed by atoms with Crippen molar-refractivity contribution in [1.82, 2.24) is 0 Å². The van der Waals surface area contributed by atoms with Gasteiger partial charge in [-0.3, -0.25) is 0 Å². The Labute approximate surface area is 252 Å². The molecule has 2 heteroatoms. The highest BCUT2D eigenvalue weighted by Gasteiger charge is 2.28. The number of hydrogen-bond donors (Lipinski definition) is 0. The molecule has 6 aromatic carbocycles. The van der Waals surface area contributed by atoms with Gasteiger partial charge in [0.1, 0.15) is 0 Å². The van der Waals surface area contributed by atoms with Gasteiger partial charge in [-0.15, -0.1) is 0 Å². The molecule has 8 rings (SSSR count). The van der Waals surface area contributed by atoms with Crippen LogP contribution in [0.4, 0.5) is 0 Å². The molecule has 1 aliphatic carbocycles. The van der Waals surface area contributed by atoms with Crippen LogP contribution in [0, 0.1) is 13.8 Å². The smallest absolute Gasteiger partial charge is 0.0158 e. The lowest BCUT2D eigenvalue weighted by atomic mass is 9.82. The summed E-state index contributed by atoms with van der Waals surface area (Å²) >= 11 is 1.90. The molecule has 1 heterocycles. The summed E-state index contributed by atoms with van der Waals surface area (Å²) in [7, 11) is 0. The molecule has 0 saturated heterocycles. The van der Waals surface area contributed by atoms with Crippen LogP contribution in [0.15, 0.2) is 131 Å². The standard InChI is InChI=1S/C40H30S.H2O/c1-25-11-15-27(16-12-25)39-34(30-19-20-38-32(21-30)22-31-8-4-6-10-37(31)41-38)24-35-33-9-5-3-7-29(33)23-36(35)40(39)28-17-13-26(2)14-18-28;/h3-21,24H,22-23H2,1-2H3;1H2. The summed E-state index contributed by atoms with van der Waals surface area (Å²) < 4.78 is 0. The third-order valence-electron chi connectivity index (χ3n) is 8.74. The zero-order chi connectivity index (χ0) is 27.5. The summed E-state index contributed by atoms with van der Waals surface area (Å²) in [5.74, 6) is 0. The van der Waals surface area contributed by atoms with E-state index in [1.165, 1.54) is 87.7 Å². The fraction of sp³-hybridized carbons (Fsp3) is 0.100. The molecule has 0 unspecified atom stereocenters. The van der Waals surface area contributed by atoms with E-state index in [1.54, 1.807) is 0 Å². The minimum atomic E-state index is 0. The maximum absolute atomic E-state index is 2.49. The quantitative estimate of drug-likeness (QED) is 0.211. The first-order valence-corrected chi connectivity index (χ1v) is 15.3. The van der Waals surface area contributed by atoms with E-state index < -0.39 is 0 Å². The lowest BCUT2D eigenvalue weighted by Gasteiger charge is -2.23. The second-order valence-corrected chi connectivity index (χ2v) is 12.6. The highest BCUT2D eigenvalue weighted by atomic mass is 32.2. The van der Waals surface area contributed by atoms with E-state index in [0.29, 0.717) is 0 Å². The van der Waals surface area contributed by atoms with Gasteiger partial charge in [-0.25, -0.2) is 0 Å². The Hall–Kier alpha value is -4.37. The summed E-state index contributed by atoms with van der Waals surface area (Å²) in [6.07, 6.45) is 1.94. The van der Waals surface area contributed by atoms with Crippen LogP contribution >= 0.6 is 11.8 Å². The average Bonchev–Trinajstić information content (AvgIpc) is 3.38. The molecule has 0 spiro atoms.